The summed E-state index contributed by atoms with van der Waals surface area (Å²) >= 11 is 0. The number of hydrogen-bond acceptors (Lipinski definition) is 15. The van der Waals surface area contributed by atoms with Crippen LogP contribution in [0.25, 0.3) is 0 Å². The van der Waals surface area contributed by atoms with E-state index < -0.39 is 77.8 Å². The van der Waals surface area contributed by atoms with Crippen LogP contribution in [0.15, 0.2) is 60.3 Å². The molecule has 7 heterocycles. The summed E-state index contributed by atoms with van der Waals surface area (Å²) in [5, 5.41) is 65.0. The SMILES string of the molecule is C=C(COC(=O)[C@](C)(O)C[C@@H]1CC[C@@H](O)[C@]2(C=C(C)C[C@@H]([C@H](C)/C=C/[C@H]3CC[C@@]4(CC[C@H]5O[C@H]([C@@H](O)C[C@H](C)[C@H]6O[C@@]7(CCCCO7)CC[C@H]6C)C(=C)[C@@H](O)[C@@H]5O4)O3)O2)O1)CC(=C)[C@H](O)CCO. The minimum atomic E-state index is -1.91. The van der Waals surface area contributed by atoms with Gasteiger partial charge in [-0.1, -0.05) is 58.2 Å². The maximum atomic E-state index is 13.1. The van der Waals surface area contributed by atoms with Gasteiger partial charge in [-0.3, -0.25) is 0 Å². The Kier molecular flexibility index (Phi) is 17.4. The van der Waals surface area contributed by atoms with Gasteiger partial charge in [0.1, 0.15) is 31.0 Å². The molecule has 0 unspecified atom stereocenters. The molecule has 0 aromatic carbocycles. The molecule has 7 rings (SSSR count). The second-order valence-corrected chi connectivity index (χ2v) is 21.8. The smallest absolute Gasteiger partial charge is 0.338 e. The molecular formula is C53H82O15. The third-order valence-electron chi connectivity index (χ3n) is 15.7. The van der Waals surface area contributed by atoms with Crippen molar-refractivity contribution >= 4 is 5.97 Å². The molecule has 0 amide bonds. The van der Waals surface area contributed by atoms with Crippen molar-refractivity contribution in [3.8, 4) is 0 Å². The zero-order chi connectivity index (χ0) is 49.2. The first-order chi connectivity index (χ1) is 32.2. The van der Waals surface area contributed by atoms with Crippen LogP contribution < -0.4 is 0 Å². The maximum absolute atomic E-state index is 13.1. The van der Waals surface area contributed by atoms with Gasteiger partial charge in [0.2, 0.25) is 5.79 Å². The summed E-state index contributed by atoms with van der Waals surface area (Å²) in [5.74, 6) is -3.48. The average molecular weight is 959 g/mol. The minimum Gasteiger partial charge on any atom is -0.459 e. The molecular weight excluding hydrogens is 877 g/mol. The highest BCUT2D eigenvalue weighted by Gasteiger charge is 2.55. The van der Waals surface area contributed by atoms with Crippen molar-refractivity contribution in [2.45, 2.75) is 227 Å². The van der Waals surface area contributed by atoms with E-state index in [0.717, 1.165) is 44.3 Å². The fourth-order valence-electron chi connectivity index (χ4n) is 11.7. The Balaban J connectivity index is 0.889. The standard InChI is InChI=1S/C53H82O15/c1-31-26-43(66-53(28-31)44(57)14-13-39(65-53)29-50(8,60)49(59)61-30-32(2)25-35(5)40(55)18-23-54)33(3)11-12-38-16-21-52(64-38)22-17-42-48(68-52)45(58)37(7)47(63-42)41(56)27-36(6)46-34(4)15-20-51(67-46)19-9-10-24-62-51/h11-12,28,33-34,36,38-48,54-58,60H,2,5,7,9-10,13-27,29-30H2,1,3-4,6,8H3/b12-11+/t33-,34-,36+,38+,39+,40-,41+,42-,43+,44-,45-,46+,47+,48-,50-,51+,52-,53-/m1/s1. The number of ether oxygens (including phenoxy) is 8. The van der Waals surface area contributed by atoms with E-state index in [4.69, 9.17) is 43.0 Å². The first-order valence-electron chi connectivity index (χ1n) is 25.5. The molecule has 0 saturated carbocycles. The monoisotopic (exact) mass is 959 g/mol. The Labute approximate surface area is 403 Å². The van der Waals surface area contributed by atoms with Crippen molar-refractivity contribution in [2.24, 2.45) is 17.8 Å². The molecule has 3 spiro atoms. The summed E-state index contributed by atoms with van der Waals surface area (Å²) in [6, 6.07) is 0. The number of hydrogen-bond donors (Lipinski definition) is 6. The van der Waals surface area contributed by atoms with E-state index in [1.54, 1.807) is 6.08 Å². The molecule has 18 atom stereocenters. The van der Waals surface area contributed by atoms with Crippen molar-refractivity contribution < 1.29 is 73.3 Å². The summed E-state index contributed by atoms with van der Waals surface area (Å²) in [5.41, 5.74) is 0.398. The second kappa shape index (κ2) is 22.2. The van der Waals surface area contributed by atoms with Crippen LogP contribution in [0.4, 0.5) is 0 Å². The Morgan fingerprint density at radius 2 is 1.74 bits per heavy atom. The average Bonchev–Trinajstić information content (AvgIpc) is 3.69. The van der Waals surface area contributed by atoms with Crippen LogP contribution in [-0.2, 0) is 42.7 Å². The summed E-state index contributed by atoms with van der Waals surface area (Å²) in [6.45, 7) is 22.0. The van der Waals surface area contributed by atoms with Gasteiger partial charge < -0.3 is 68.5 Å². The number of carbonyl (C=O) groups is 1. The topological polar surface area (TPSA) is 212 Å². The zero-order valence-electron chi connectivity index (χ0n) is 41.2. The first kappa shape index (κ1) is 53.4. The quantitative estimate of drug-likeness (QED) is 0.0739. The maximum Gasteiger partial charge on any atom is 0.338 e. The highest BCUT2D eigenvalue weighted by molar-refractivity contribution is 5.78. The summed E-state index contributed by atoms with van der Waals surface area (Å²) < 4.78 is 51.1. The molecule has 7 aliphatic heterocycles. The molecule has 0 aromatic heterocycles. The molecule has 6 N–H and O–H groups in total. The second-order valence-electron chi connectivity index (χ2n) is 21.8. The van der Waals surface area contributed by atoms with Gasteiger partial charge in [-0.25, -0.2) is 4.79 Å². The molecule has 384 valence electrons. The lowest BCUT2D eigenvalue weighted by Crippen LogP contribution is -2.60. The molecule has 15 heteroatoms. The van der Waals surface area contributed by atoms with Gasteiger partial charge in [-0.05, 0) is 113 Å². The van der Waals surface area contributed by atoms with Crippen molar-refractivity contribution in [3.63, 3.8) is 0 Å². The van der Waals surface area contributed by atoms with Gasteiger partial charge >= 0.3 is 5.97 Å². The Morgan fingerprint density at radius 3 is 2.47 bits per heavy atom. The van der Waals surface area contributed by atoms with Crippen LogP contribution >= 0.6 is 0 Å². The van der Waals surface area contributed by atoms with E-state index in [9.17, 15) is 30.3 Å². The number of aliphatic hydroxyl groups is 6. The van der Waals surface area contributed by atoms with Gasteiger partial charge in [0.25, 0.3) is 0 Å². The van der Waals surface area contributed by atoms with E-state index in [-0.39, 0.29) is 62.6 Å². The number of aliphatic hydroxyl groups excluding tert-OH is 5. The van der Waals surface area contributed by atoms with Gasteiger partial charge in [-0.2, -0.15) is 0 Å². The Morgan fingerprint density at radius 1 is 0.985 bits per heavy atom. The van der Waals surface area contributed by atoms with E-state index in [0.29, 0.717) is 74.0 Å². The minimum absolute atomic E-state index is 0.0382. The molecule has 15 nitrogen and oxygen atoms in total. The number of esters is 1. The number of fused-ring (bicyclic) bond motifs is 1. The van der Waals surface area contributed by atoms with Crippen molar-refractivity contribution in [3.05, 3.63) is 60.3 Å². The summed E-state index contributed by atoms with van der Waals surface area (Å²) in [7, 11) is 0. The number of rotatable bonds is 17. The van der Waals surface area contributed by atoms with E-state index in [1.165, 1.54) is 6.92 Å². The van der Waals surface area contributed by atoms with Crippen molar-refractivity contribution in [1.82, 2.24) is 0 Å². The fourth-order valence-corrected chi connectivity index (χ4v) is 11.7. The highest BCUT2D eigenvalue weighted by atomic mass is 16.7. The van der Waals surface area contributed by atoms with E-state index in [2.05, 4.69) is 39.7 Å². The molecule has 0 radical (unpaired) electrons. The van der Waals surface area contributed by atoms with Crippen molar-refractivity contribution in [1.29, 1.82) is 0 Å². The highest BCUT2D eigenvalue weighted by Crippen LogP contribution is 2.48. The molecule has 0 aliphatic carbocycles. The van der Waals surface area contributed by atoms with Crippen LogP contribution in [-0.4, -0.2) is 147 Å². The lowest BCUT2D eigenvalue weighted by molar-refractivity contribution is -0.321. The van der Waals surface area contributed by atoms with Gasteiger partial charge in [-0.15, -0.1) is 0 Å². The van der Waals surface area contributed by atoms with Crippen LogP contribution in [0.2, 0.25) is 0 Å². The molecule has 0 bridgehead atoms. The number of carbonyl (C=O) groups excluding carboxylic acids is 1. The van der Waals surface area contributed by atoms with E-state index in [1.807, 2.05) is 19.9 Å². The lowest BCUT2D eigenvalue weighted by atomic mass is 9.79. The summed E-state index contributed by atoms with van der Waals surface area (Å²) in [4.78, 5) is 13.1. The lowest BCUT2D eigenvalue weighted by Gasteiger charge is -2.50. The van der Waals surface area contributed by atoms with Crippen LogP contribution in [0.5, 0.6) is 0 Å². The third-order valence-corrected chi connectivity index (χ3v) is 15.7. The van der Waals surface area contributed by atoms with Gasteiger partial charge in [0.15, 0.2) is 17.2 Å². The predicted molar refractivity (Wildman–Crippen MR) is 252 cm³/mol. The molecule has 0 aromatic rings. The van der Waals surface area contributed by atoms with Gasteiger partial charge in [0, 0.05) is 51.0 Å². The predicted octanol–water partition coefficient (Wildman–Crippen LogP) is 5.92. The molecule has 68 heavy (non-hydrogen) atoms. The normalized spacial score (nSPS) is 40.3. The largest absolute Gasteiger partial charge is 0.459 e. The first-order valence-corrected chi connectivity index (χ1v) is 25.5. The van der Waals surface area contributed by atoms with Crippen LogP contribution in [0.1, 0.15) is 137 Å². The fraction of sp³-hybridized carbons (Fsp3) is 0.792. The molecule has 6 fully saturated rings. The Hall–Kier alpha value is -2.35. The van der Waals surface area contributed by atoms with Gasteiger partial charge in [0.05, 0.1) is 49.3 Å². The summed E-state index contributed by atoms with van der Waals surface area (Å²) in [6.07, 6.45) is 8.46. The van der Waals surface area contributed by atoms with Crippen molar-refractivity contribution in [2.75, 3.05) is 19.8 Å². The molecule has 6 saturated heterocycles. The van der Waals surface area contributed by atoms with Crippen LogP contribution in [0.3, 0.4) is 0 Å². The van der Waals surface area contributed by atoms with Crippen LogP contribution in [0, 0.1) is 17.8 Å². The zero-order valence-corrected chi connectivity index (χ0v) is 41.2. The third kappa shape index (κ3) is 12.3. The Bertz CT molecular complexity index is 1840. The molecule has 7 aliphatic rings. The van der Waals surface area contributed by atoms with E-state index >= 15 is 0 Å².